The van der Waals surface area contributed by atoms with Crippen molar-refractivity contribution in [3.63, 3.8) is 0 Å². The molecule has 0 fully saturated rings. The van der Waals surface area contributed by atoms with Gasteiger partial charge in [0.1, 0.15) is 11.3 Å². The van der Waals surface area contributed by atoms with Crippen LogP contribution in [0.4, 0.5) is 5.69 Å². The molecule has 0 spiro atoms. The van der Waals surface area contributed by atoms with Crippen LogP contribution in [0.5, 0.6) is 0 Å². The highest BCUT2D eigenvalue weighted by Gasteiger charge is 2.03. The third kappa shape index (κ3) is 1.74. The molecule has 1 radical (unpaired) electrons. The average Bonchev–Trinajstić information content (AvgIpc) is 2.56. The highest BCUT2D eigenvalue weighted by atomic mass is 16.3. The van der Waals surface area contributed by atoms with E-state index in [9.17, 15) is 0 Å². The third-order valence-electron chi connectivity index (χ3n) is 2.27. The fourth-order valence-corrected chi connectivity index (χ4v) is 1.49. The minimum atomic E-state index is 0.761. The molecule has 2 heteroatoms. The second kappa shape index (κ2) is 3.74. The number of unbranched alkanes of at least 4 members (excludes halogenated alkanes) is 1. The molecule has 14 heavy (non-hydrogen) atoms. The van der Waals surface area contributed by atoms with E-state index in [1.165, 1.54) is 6.42 Å². The van der Waals surface area contributed by atoms with E-state index in [0.29, 0.717) is 0 Å². The number of nitrogens with two attached hydrogens (primary N) is 1. The van der Waals surface area contributed by atoms with Crippen LogP contribution in [-0.4, -0.2) is 0 Å². The van der Waals surface area contributed by atoms with Crippen LogP contribution in [0.15, 0.2) is 22.6 Å². The van der Waals surface area contributed by atoms with Crippen molar-refractivity contribution in [2.24, 2.45) is 0 Å². The molecule has 2 nitrogen and oxygen atoms in total. The topological polar surface area (TPSA) is 39.2 Å². The predicted octanol–water partition coefficient (Wildman–Crippen LogP) is 3.16. The molecular weight excluding hydrogens is 174 g/mol. The quantitative estimate of drug-likeness (QED) is 0.751. The van der Waals surface area contributed by atoms with E-state index in [1.54, 1.807) is 0 Å². The van der Waals surface area contributed by atoms with E-state index in [1.807, 2.05) is 18.2 Å². The molecule has 1 heterocycles. The van der Waals surface area contributed by atoms with Gasteiger partial charge in [0.15, 0.2) is 0 Å². The lowest BCUT2D eigenvalue weighted by atomic mass is 10.2. The summed E-state index contributed by atoms with van der Waals surface area (Å²) in [5, 5.41) is 0.983. The first kappa shape index (κ1) is 9.13. The minimum Gasteiger partial charge on any atom is -0.460 e. The van der Waals surface area contributed by atoms with Gasteiger partial charge in [-0.25, -0.2) is 0 Å². The zero-order valence-corrected chi connectivity index (χ0v) is 8.34. The number of nitrogen functional groups attached to an aromatic ring is 1. The summed E-state index contributed by atoms with van der Waals surface area (Å²) in [5.74, 6) is 0.937. The summed E-state index contributed by atoms with van der Waals surface area (Å²) >= 11 is 0. The van der Waals surface area contributed by atoms with Gasteiger partial charge in [-0.05, 0) is 24.6 Å². The van der Waals surface area contributed by atoms with Crippen molar-refractivity contribution in [3.8, 4) is 0 Å². The van der Waals surface area contributed by atoms with Crippen LogP contribution in [-0.2, 0) is 6.42 Å². The number of fused-ring (bicyclic) bond motifs is 1. The van der Waals surface area contributed by atoms with Crippen molar-refractivity contribution >= 4 is 16.7 Å². The zero-order chi connectivity index (χ0) is 9.97. The molecule has 0 aliphatic carbocycles. The number of anilines is 1. The largest absolute Gasteiger partial charge is 0.460 e. The van der Waals surface area contributed by atoms with Gasteiger partial charge >= 0.3 is 0 Å². The van der Waals surface area contributed by atoms with Crippen molar-refractivity contribution in [2.75, 3.05) is 5.73 Å². The number of rotatable bonds is 3. The summed E-state index contributed by atoms with van der Waals surface area (Å²) < 4.78 is 5.61. The molecule has 0 saturated carbocycles. The Labute approximate surface area is 83.7 Å². The van der Waals surface area contributed by atoms with E-state index in [4.69, 9.17) is 10.2 Å². The first-order valence-corrected chi connectivity index (χ1v) is 5.00. The van der Waals surface area contributed by atoms with Gasteiger partial charge in [-0.1, -0.05) is 13.3 Å². The number of benzene rings is 1. The Hall–Kier alpha value is -1.44. The molecule has 0 bridgehead atoms. The minimum absolute atomic E-state index is 0.761. The third-order valence-corrected chi connectivity index (χ3v) is 2.27. The first-order valence-electron chi connectivity index (χ1n) is 5.00. The van der Waals surface area contributed by atoms with E-state index in [0.717, 1.165) is 35.3 Å². The maximum Gasteiger partial charge on any atom is 0.135 e. The summed E-state index contributed by atoms with van der Waals surface area (Å²) in [6.45, 7) is 2.17. The number of aryl methyl sites for hydroxylation is 1. The van der Waals surface area contributed by atoms with Gasteiger partial charge in [0, 0.05) is 23.6 Å². The Morgan fingerprint density at radius 3 is 3.07 bits per heavy atom. The summed E-state index contributed by atoms with van der Waals surface area (Å²) in [6, 6.07) is 8.87. The Morgan fingerprint density at radius 1 is 1.43 bits per heavy atom. The fourth-order valence-electron chi connectivity index (χ4n) is 1.49. The maximum absolute atomic E-state index is 5.67. The highest BCUT2D eigenvalue weighted by Crippen LogP contribution is 2.21. The molecule has 0 atom stereocenters. The molecule has 1 aromatic heterocycles. The van der Waals surface area contributed by atoms with Gasteiger partial charge < -0.3 is 10.2 Å². The molecule has 2 N–H and O–H groups in total. The second-order valence-electron chi connectivity index (χ2n) is 3.51. The van der Waals surface area contributed by atoms with Crippen molar-refractivity contribution in [3.05, 3.63) is 30.0 Å². The van der Waals surface area contributed by atoms with E-state index < -0.39 is 0 Å². The van der Waals surface area contributed by atoms with E-state index in [2.05, 4.69) is 13.0 Å². The van der Waals surface area contributed by atoms with Gasteiger partial charge in [0.05, 0.1) is 0 Å². The molecule has 0 aliphatic heterocycles. The summed E-state index contributed by atoms with van der Waals surface area (Å²) in [5.41, 5.74) is 7.31. The van der Waals surface area contributed by atoms with Gasteiger partial charge in [-0.3, -0.25) is 0 Å². The highest BCUT2D eigenvalue weighted by molar-refractivity contribution is 5.80. The standard InChI is InChI=1S/C12H14NO/c1-2-3-4-11-8-9-7-10(13)5-6-12(9)14-11/h5-7H,2-4,13H2,1H3. The van der Waals surface area contributed by atoms with Crippen LogP contribution in [0.1, 0.15) is 25.5 Å². The van der Waals surface area contributed by atoms with Gasteiger partial charge in [0.25, 0.3) is 0 Å². The van der Waals surface area contributed by atoms with Crippen LogP contribution in [0.25, 0.3) is 11.0 Å². The van der Waals surface area contributed by atoms with Crippen LogP contribution >= 0.6 is 0 Å². The van der Waals surface area contributed by atoms with Gasteiger partial charge in [-0.2, -0.15) is 0 Å². The number of furan rings is 1. The Morgan fingerprint density at radius 2 is 2.29 bits per heavy atom. The molecule has 0 unspecified atom stereocenters. The fraction of sp³-hybridized carbons (Fsp3) is 0.333. The summed E-state index contributed by atoms with van der Waals surface area (Å²) in [6.07, 6.45) is 3.28. The second-order valence-corrected chi connectivity index (χ2v) is 3.51. The van der Waals surface area contributed by atoms with Crippen LogP contribution < -0.4 is 5.73 Å². The molecule has 0 amide bonds. The van der Waals surface area contributed by atoms with Crippen molar-refractivity contribution in [1.82, 2.24) is 0 Å². The summed E-state index contributed by atoms with van der Waals surface area (Å²) in [7, 11) is 0. The molecule has 1 aromatic carbocycles. The number of hydrogen-bond donors (Lipinski definition) is 1. The lowest BCUT2D eigenvalue weighted by molar-refractivity contribution is 0.535. The molecular formula is C12H14NO. The number of hydrogen-bond acceptors (Lipinski definition) is 2. The van der Waals surface area contributed by atoms with Crippen LogP contribution in [0.3, 0.4) is 0 Å². The molecule has 2 rings (SSSR count). The predicted molar refractivity (Wildman–Crippen MR) is 58.1 cm³/mol. The molecule has 0 saturated heterocycles. The molecule has 2 aromatic rings. The average molecular weight is 188 g/mol. The normalized spacial score (nSPS) is 10.9. The smallest absolute Gasteiger partial charge is 0.135 e. The Balaban J connectivity index is 2.32. The van der Waals surface area contributed by atoms with Crippen LogP contribution in [0, 0.1) is 6.07 Å². The SMILES string of the molecule is CCCCc1[c]c2cc(N)ccc2o1. The van der Waals surface area contributed by atoms with Crippen molar-refractivity contribution in [2.45, 2.75) is 26.2 Å². The monoisotopic (exact) mass is 188 g/mol. The van der Waals surface area contributed by atoms with Crippen LogP contribution in [0.2, 0.25) is 0 Å². The Bertz CT molecular complexity index is 431. The van der Waals surface area contributed by atoms with Gasteiger partial charge in [-0.15, -0.1) is 0 Å². The lowest BCUT2D eigenvalue weighted by Crippen LogP contribution is -1.81. The lowest BCUT2D eigenvalue weighted by Gasteiger charge is -1.91. The van der Waals surface area contributed by atoms with E-state index >= 15 is 0 Å². The Kier molecular flexibility index (Phi) is 2.44. The summed E-state index contributed by atoms with van der Waals surface area (Å²) in [4.78, 5) is 0. The molecule has 73 valence electrons. The van der Waals surface area contributed by atoms with Gasteiger partial charge in [0.2, 0.25) is 0 Å². The molecule has 0 aliphatic rings. The van der Waals surface area contributed by atoms with E-state index in [-0.39, 0.29) is 0 Å². The van der Waals surface area contributed by atoms with Crippen molar-refractivity contribution in [1.29, 1.82) is 0 Å². The zero-order valence-electron chi connectivity index (χ0n) is 8.34. The first-order chi connectivity index (χ1) is 6.79. The maximum atomic E-state index is 5.67. The van der Waals surface area contributed by atoms with Crippen molar-refractivity contribution < 1.29 is 4.42 Å².